The topological polar surface area (TPSA) is 61.8 Å². The lowest BCUT2D eigenvalue weighted by Crippen LogP contribution is -2.25. The monoisotopic (exact) mass is 306 g/mol. The lowest BCUT2D eigenvalue weighted by Gasteiger charge is -2.18. The summed E-state index contributed by atoms with van der Waals surface area (Å²) < 4.78 is 16.1. The van der Waals surface area contributed by atoms with Gasteiger partial charge in [-0.05, 0) is 23.8 Å². The van der Waals surface area contributed by atoms with Gasteiger partial charge in [0.25, 0.3) is 0 Å². The van der Waals surface area contributed by atoms with E-state index in [0.29, 0.717) is 19.1 Å². The Labute approximate surface area is 130 Å². The molecule has 22 heavy (non-hydrogen) atoms. The number of carbonyl (C=O) groups excluding carboxylic acids is 2. The Morgan fingerprint density at radius 1 is 1.14 bits per heavy atom. The minimum Gasteiger partial charge on any atom is -0.466 e. The van der Waals surface area contributed by atoms with Crippen molar-refractivity contribution in [2.75, 3.05) is 13.2 Å². The molecule has 0 spiro atoms. The van der Waals surface area contributed by atoms with E-state index in [0.717, 1.165) is 12.0 Å². The van der Waals surface area contributed by atoms with Gasteiger partial charge in [-0.3, -0.25) is 9.59 Å². The number of carbonyl (C=O) groups is 2. The predicted molar refractivity (Wildman–Crippen MR) is 79.9 cm³/mol. The van der Waals surface area contributed by atoms with Crippen LogP contribution in [0, 0.1) is 11.8 Å². The smallest absolute Gasteiger partial charge is 0.302 e. The molecule has 2 rings (SSSR count). The van der Waals surface area contributed by atoms with E-state index < -0.39 is 0 Å². The average Bonchev–Trinajstić information content (AvgIpc) is 3.25. The summed E-state index contributed by atoms with van der Waals surface area (Å²) in [5.41, 5.74) is 1.08. The van der Waals surface area contributed by atoms with Crippen LogP contribution < -0.4 is 0 Å². The van der Waals surface area contributed by atoms with Gasteiger partial charge >= 0.3 is 11.9 Å². The second kappa shape index (κ2) is 7.94. The highest BCUT2D eigenvalue weighted by molar-refractivity contribution is 5.66. The zero-order valence-corrected chi connectivity index (χ0v) is 13.0. The molecule has 0 bridgehead atoms. The fraction of sp³-hybridized carbons (Fsp3) is 0.529. The summed E-state index contributed by atoms with van der Waals surface area (Å²) in [6.45, 7) is 3.91. The van der Waals surface area contributed by atoms with Crippen LogP contribution in [0.25, 0.3) is 0 Å². The Kier molecular flexibility index (Phi) is 5.95. The van der Waals surface area contributed by atoms with E-state index in [1.807, 2.05) is 30.3 Å². The molecule has 1 aliphatic rings. The van der Waals surface area contributed by atoms with Gasteiger partial charge in [0.15, 0.2) is 0 Å². The maximum absolute atomic E-state index is 11.0. The SMILES string of the molecule is CC(=O)OC[C@H]1C[C@@H]1[C@@H](COC(C)=O)OCc1ccccc1. The first-order valence-electron chi connectivity index (χ1n) is 7.48. The van der Waals surface area contributed by atoms with Crippen LogP contribution in [0.4, 0.5) is 0 Å². The van der Waals surface area contributed by atoms with Gasteiger partial charge in [-0.25, -0.2) is 0 Å². The standard InChI is InChI=1S/C17H22O5/c1-12(18)20-10-15-8-16(15)17(11-21-13(2)19)22-9-14-6-4-3-5-7-14/h3-7,15-17H,8-11H2,1-2H3/t15-,16+,17-/m1/s1. The summed E-state index contributed by atoms with van der Waals surface area (Å²) in [5.74, 6) is -0.0273. The van der Waals surface area contributed by atoms with Gasteiger partial charge in [0.1, 0.15) is 6.61 Å². The highest BCUT2D eigenvalue weighted by atomic mass is 16.6. The minimum absolute atomic E-state index is 0.162. The second-order valence-corrected chi connectivity index (χ2v) is 5.60. The molecule has 5 heteroatoms. The van der Waals surface area contributed by atoms with E-state index in [2.05, 4.69) is 0 Å². The molecule has 5 nitrogen and oxygen atoms in total. The largest absolute Gasteiger partial charge is 0.466 e. The molecule has 1 fully saturated rings. The lowest BCUT2D eigenvalue weighted by molar-refractivity contribution is -0.146. The highest BCUT2D eigenvalue weighted by Gasteiger charge is 2.44. The lowest BCUT2D eigenvalue weighted by atomic mass is 10.2. The number of esters is 2. The van der Waals surface area contributed by atoms with Crippen molar-refractivity contribution in [1.29, 1.82) is 0 Å². The third kappa shape index (κ3) is 5.48. The molecule has 1 aliphatic carbocycles. The van der Waals surface area contributed by atoms with E-state index in [-0.39, 0.29) is 30.6 Å². The first-order chi connectivity index (χ1) is 10.6. The molecule has 120 valence electrons. The molecule has 0 aliphatic heterocycles. The van der Waals surface area contributed by atoms with Crippen LogP contribution in [0.15, 0.2) is 30.3 Å². The van der Waals surface area contributed by atoms with Crippen LogP contribution >= 0.6 is 0 Å². The molecular weight excluding hydrogens is 284 g/mol. The molecule has 0 radical (unpaired) electrons. The highest BCUT2D eigenvalue weighted by Crippen LogP contribution is 2.43. The Hall–Kier alpha value is -1.88. The van der Waals surface area contributed by atoms with Crippen LogP contribution in [-0.2, 0) is 30.4 Å². The maximum atomic E-state index is 11.0. The molecule has 0 heterocycles. The van der Waals surface area contributed by atoms with E-state index >= 15 is 0 Å². The summed E-state index contributed by atoms with van der Waals surface area (Å²) >= 11 is 0. The number of rotatable bonds is 8. The van der Waals surface area contributed by atoms with E-state index in [9.17, 15) is 9.59 Å². The molecule has 0 amide bonds. The van der Waals surface area contributed by atoms with Gasteiger partial charge in [-0.2, -0.15) is 0 Å². The average molecular weight is 306 g/mol. The van der Waals surface area contributed by atoms with Crippen LogP contribution in [-0.4, -0.2) is 31.3 Å². The molecule has 1 saturated carbocycles. The second-order valence-electron chi connectivity index (χ2n) is 5.60. The van der Waals surface area contributed by atoms with E-state index in [4.69, 9.17) is 14.2 Å². The predicted octanol–water partition coefficient (Wildman–Crippen LogP) is 2.33. The van der Waals surface area contributed by atoms with Gasteiger partial charge in [0.2, 0.25) is 0 Å². The first kappa shape index (κ1) is 16.5. The summed E-state index contributed by atoms with van der Waals surface area (Å²) in [4.78, 5) is 21.9. The third-order valence-corrected chi connectivity index (χ3v) is 3.71. The molecule has 0 aromatic heterocycles. The Bertz CT molecular complexity index is 499. The van der Waals surface area contributed by atoms with E-state index in [1.165, 1.54) is 13.8 Å². The molecule has 0 unspecified atom stereocenters. The molecular formula is C17H22O5. The van der Waals surface area contributed by atoms with Crippen molar-refractivity contribution in [3.05, 3.63) is 35.9 Å². The normalized spacial score (nSPS) is 21.0. The number of hydrogen-bond donors (Lipinski definition) is 0. The van der Waals surface area contributed by atoms with Gasteiger partial charge in [0, 0.05) is 13.8 Å². The maximum Gasteiger partial charge on any atom is 0.302 e. The quantitative estimate of drug-likeness (QED) is 0.690. The first-order valence-corrected chi connectivity index (χ1v) is 7.48. The Morgan fingerprint density at radius 3 is 2.45 bits per heavy atom. The molecule has 0 N–H and O–H groups in total. The van der Waals surface area contributed by atoms with E-state index in [1.54, 1.807) is 0 Å². The van der Waals surface area contributed by atoms with Crippen LogP contribution in [0.2, 0.25) is 0 Å². The molecule has 1 aromatic rings. The van der Waals surface area contributed by atoms with Crippen LogP contribution in [0.5, 0.6) is 0 Å². The van der Waals surface area contributed by atoms with Gasteiger partial charge in [-0.1, -0.05) is 30.3 Å². The molecule has 1 aromatic carbocycles. The van der Waals surface area contributed by atoms with Crippen molar-refractivity contribution in [1.82, 2.24) is 0 Å². The van der Waals surface area contributed by atoms with Crippen molar-refractivity contribution in [2.24, 2.45) is 11.8 Å². The summed E-state index contributed by atoms with van der Waals surface area (Å²) in [5, 5.41) is 0. The van der Waals surface area contributed by atoms with Gasteiger partial charge in [-0.15, -0.1) is 0 Å². The zero-order valence-electron chi connectivity index (χ0n) is 13.0. The van der Waals surface area contributed by atoms with Crippen LogP contribution in [0.1, 0.15) is 25.8 Å². The fourth-order valence-corrected chi connectivity index (χ4v) is 2.41. The number of ether oxygens (including phenoxy) is 3. The van der Waals surface area contributed by atoms with Crippen molar-refractivity contribution >= 4 is 11.9 Å². The minimum atomic E-state index is -0.314. The summed E-state index contributed by atoms with van der Waals surface area (Å²) in [7, 11) is 0. The fourth-order valence-electron chi connectivity index (χ4n) is 2.41. The van der Waals surface area contributed by atoms with Crippen molar-refractivity contribution in [2.45, 2.75) is 33.0 Å². The van der Waals surface area contributed by atoms with Crippen molar-refractivity contribution in [3.8, 4) is 0 Å². The molecule has 3 atom stereocenters. The zero-order chi connectivity index (χ0) is 15.9. The Balaban J connectivity index is 1.84. The summed E-state index contributed by atoms with van der Waals surface area (Å²) in [6.07, 6.45) is 0.762. The number of hydrogen-bond acceptors (Lipinski definition) is 5. The third-order valence-electron chi connectivity index (χ3n) is 3.71. The summed E-state index contributed by atoms with van der Waals surface area (Å²) in [6, 6.07) is 9.86. The van der Waals surface area contributed by atoms with Crippen LogP contribution in [0.3, 0.4) is 0 Å². The van der Waals surface area contributed by atoms with Crippen molar-refractivity contribution in [3.63, 3.8) is 0 Å². The van der Waals surface area contributed by atoms with Gasteiger partial charge < -0.3 is 14.2 Å². The number of benzene rings is 1. The molecule has 0 saturated heterocycles. The van der Waals surface area contributed by atoms with Gasteiger partial charge in [0.05, 0.1) is 19.3 Å². The Morgan fingerprint density at radius 2 is 1.82 bits per heavy atom. The van der Waals surface area contributed by atoms with Crippen molar-refractivity contribution < 1.29 is 23.8 Å².